The van der Waals surface area contributed by atoms with Gasteiger partial charge in [0.05, 0.1) is 6.04 Å². The Hall–Kier alpha value is -1.51. The Kier molecular flexibility index (Phi) is 2.62. The molecule has 2 rings (SSSR count). The van der Waals surface area contributed by atoms with Crippen molar-refractivity contribution in [3.63, 3.8) is 0 Å². The number of hydrogen-bond donors (Lipinski definition) is 1. The summed E-state index contributed by atoms with van der Waals surface area (Å²) in [5.41, 5.74) is 10.5. The zero-order valence-electron chi connectivity index (χ0n) is 10.1. The van der Waals surface area contributed by atoms with E-state index in [1.807, 2.05) is 17.9 Å². The van der Waals surface area contributed by atoms with Crippen molar-refractivity contribution in [1.82, 2.24) is 4.90 Å². The van der Waals surface area contributed by atoms with Gasteiger partial charge in [-0.1, -0.05) is 12.1 Å². The Morgan fingerprint density at radius 1 is 1.50 bits per heavy atom. The largest absolute Gasteiger partial charge is 0.398 e. The van der Waals surface area contributed by atoms with Crippen molar-refractivity contribution in [3.05, 3.63) is 28.8 Å². The molecule has 86 valence electrons. The average Bonchev–Trinajstić information content (AvgIpc) is 2.23. The Morgan fingerprint density at radius 2 is 2.19 bits per heavy atom. The maximum absolute atomic E-state index is 11.5. The molecule has 1 unspecified atom stereocenters. The molecule has 3 heteroatoms. The molecule has 0 fully saturated rings. The van der Waals surface area contributed by atoms with Crippen molar-refractivity contribution in [2.75, 3.05) is 12.3 Å². The maximum Gasteiger partial charge on any atom is 0.219 e. The fraction of sp³-hybridized carbons (Fsp3) is 0.462. The topological polar surface area (TPSA) is 46.3 Å². The first kappa shape index (κ1) is 11.0. The highest BCUT2D eigenvalue weighted by molar-refractivity contribution is 5.75. The van der Waals surface area contributed by atoms with Crippen LogP contribution in [0.1, 0.15) is 36.6 Å². The van der Waals surface area contributed by atoms with Gasteiger partial charge in [-0.2, -0.15) is 0 Å². The molecule has 0 saturated heterocycles. The first-order chi connectivity index (χ1) is 7.52. The van der Waals surface area contributed by atoms with Gasteiger partial charge in [-0.3, -0.25) is 4.79 Å². The van der Waals surface area contributed by atoms with E-state index in [-0.39, 0.29) is 11.9 Å². The number of amides is 1. The number of anilines is 1. The van der Waals surface area contributed by atoms with Gasteiger partial charge in [0.1, 0.15) is 0 Å². The van der Waals surface area contributed by atoms with Crippen molar-refractivity contribution in [3.8, 4) is 0 Å². The summed E-state index contributed by atoms with van der Waals surface area (Å²) in [6.07, 6.45) is 0.868. The van der Waals surface area contributed by atoms with Crippen LogP contribution in [0.25, 0.3) is 0 Å². The first-order valence-corrected chi connectivity index (χ1v) is 5.67. The number of rotatable bonds is 0. The third-order valence-corrected chi connectivity index (χ3v) is 3.54. The Bertz CT molecular complexity index is 440. The molecule has 1 amide bonds. The highest BCUT2D eigenvalue weighted by Crippen LogP contribution is 2.33. The molecule has 0 saturated carbocycles. The fourth-order valence-corrected chi connectivity index (χ4v) is 2.49. The predicted molar refractivity (Wildman–Crippen MR) is 65.1 cm³/mol. The lowest BCUT2D eigenvalue weighted by molar-refractivity contribution is -0.131. The Morgan fingerprint density at radius 3 is 2.81 bits per heavy atom. The smallest absolute Gasteiger partial charge is 0.219 e. The van der Waals surface area contributed by atoms with Crippen LogP contribution in [0, 0.1) is 6.92 Å². The van der Waals surface area contributed by atoms with Crippen molar-refractivity contribution in [2.45, 2.75) is 33.2 Å². The van der Waals surface area contributed by atoms with E-state index >= 15 is 0 Å². The number of carbonyl (C=O) groups is 1. The van der Waals surface area contributed by atoms with E-state index in [9.17, 15) is 4.79 Å². The standard InChI is InChI=1S/C13H18N2O/c1-8-4-5-11-9(2)15(10(3)16)7-6-12(11)13(8)14/h4-5,9H,6-7,14H2,1-3H3. The second kappa shape index (κ2) is 3.81. The van der Waals surface area contributed by atoms with Gasteiger partial charge in [-0.05, 0) is 37.0 Å². The second-order valence-corrected chi connectivity index (χ2v) is 4.50. The van der Waals surface area contributed by atoms with Crippen LogP contribution in [0.4, 0.5) is 5.69 Å². The molecule has 1 aliphatic rings. The van der Waals surface area contributed by atoms with Gasteiger partial charge in [0, 0.05) is 19.2 Å². The van der Waals surface area contributed by atoms with Gasteiger partial charge in [0.25, 0.3) is 0 Å². The van der Waals surface area contributed by atoms with Crippen LogP contribution in [-0.4, -0.2) is 17.4 Å². The molecule has 0 bridgehead atoms. The van der Waals surface area contributed by atoms with E-state index in [1.54, 1.807) is 6.92 Å². The molecule has 2 N–H and O–H groups in total. The number of fused-ring (bicyclic) bond motifs is 1. The van der Waals surface area contributed by atoms with E-state index in [1.165, 1.54) is 11.1 Å². The van der Waals surface area contributed by atoms with Crippen molar-refractivity contribution in [1.29, 1.82) is 0 Å². The van der Waals surface area contributed by atoms with Crippen LogP contribution in [0.3, 0.4) is 0 Å². The number of carbonyl (C=O) groups excluding carboxylic acids is 1. The summed E-state index contributed by atoms with van der Waals surface area (Å²) in [6.45, 7) is 6.49. The normalized spacial score (nSPS) is 19.4. The monoisotopic (exact) mass is 218 g/mol. The van der Waals surface area contributed by atoms with Crippen LogP contribution in [0.15, 0.2) is 12.1 Å². The zero-order chi connectivity index (χ0) is 11.9. The van der Waals surface area contributed by atoms with Crippen molar-refractivity contribution in [2.24, 2.45) is 0 Å². The van der Waals surface area contributed by atoms with Gasteiger partial charge in [0.15, 0.2) is 0 Å². The number of nitrogens with zero attached hydrogens (tertiary/aromatic N) is 1. The number of nitrogen functional groups attached to an aromatic ring is 1. The number of nitrogens with two attached hydrogens (primary N) is 1. The molecular formula is C13H18N2O. The molecule has 1 aliphatic heterocycles. The van der Waals surface area contributed by atoms with Crippen LogP contribution in [0.5, 0.6) is 0 Å². The average molecular weight is 218 g/mol. The zero-order valence-corrected chi connectivity index (χ0v) is 10.1. The summed E-state index contributed by atoms with van der Waals surface area (Å²) < 4.78 is 0. The highest BCUT2D eigenvalue weighted by Gasteiger charge is 2.26. The fourth-order valence-electron chi connectivity index (χ4n) is 2.49. The summed E-state index contributed by atoms with van der Waals surface area (Å²) in [5.74, 6) is 0.136. The Balaban J connectivity index is 2.47. The highest BCUT2D eigenvalue weighted by atomic mass is 16.2. The molecule has 1 heterocycles. The SMILES string of the molecule is CC(=O)N1CCc2c(ccc(C)c2N)C1C. The number of aryl methyl sites for hydroxylation is 1. The van der Waals surface area contributed by atoms with Crippen LogP contribution in [0.2, 0.25) is 0 Å². The molecule has 1 aromatic rings. The lowest BCUT2D eigenvalue weighted by Crippen LogP contribution is -2.37. The lowest BCUT2D eigenvalue weighted by atomic mass is 9.90. The maximum atomic E-state index is 11.5. The summed E-state index contributed by atoms with van der Waals surface area (Å²) in [6, 6.07) is 4.28. The minimum absolute atomic E-state index is 0.136. The van der Waals surface area contributed by atoms with E-state index < -0.39 is 0 Å². The summed E-state index contributed by atoms with van der Waals surface area (Å²) in [4.78, 5) is 13.4. The molecule has 3 nitrogen and oxygen atoms in total. The molecule has 0 radical (unpaired) electrons. The van der Waals surface area contributed by atoms with E-state index in [2.05, 4.69) is 13.0 Å². The molecule has 16 heavy (non-hydrogen) atoms. The van der Waals surface area contributed by atoms with Gasteiger partial charge < -0.3 is 10.6 Å². The summed E-state index contributed by atoms with van der Waals surface area (Å²) in [5, 5.41) is 0. The first-order valence-electron chi connectivity index (χ1n) is 5.67. The summed E-state index contributed by atoms with van der Waals surface area (Å²) in [7, 11) is 0. The van der Waals surface area contributed by atoms with E-state index in [0.29, 0.717) is 0 Å². The molecule has 0 spiro atoms. The predicted octanol–water partition coefficient (Wildman–Crippen LogP) is 2.04. The molecule has 1 aromatic carbocycles. The molecule has 0 aromatic heterocycles. The quantitative estimate of drug-likeness (QED) is 0.677. The lowest BCUT2D eigenvalue weighted by Gasteiger charge is -2.35. The summed E-state index contributed by atoms with van der Waals surface area (Å²) >= 11 is 0. The number of hydrogen-bond acceptors (Lipinski definition) is 2. The molecule has 1 atom stereocenters. The van der Waals surface area contributed by atoms with Crippen LogP contribution >= 0.6 is 0 Å². The molecular weight excluding hydrogens is 200 g/mol. The van der Waals surface area contributed by atoms with Gasteiger partial charge in [-0.25, -0.2) is 0 Å². The van der Waals surface area contributed by atoms with Crippen LogP contribution in [-0.2, 0) is 11.2 Å². The third-order valence-electron chi connectivity index (χ3n) is 3.54. The van der Waals surface area contributed by atoms with Gasteiger partial charge in [-0.15, -0.1) is 0 Å². The third kappa shape index (κ3) is 1.56. The van der Waals surface area contributed by atoms with Gasteiger partial charge >= 0.3 is 0 Å². The second-order valence-electron chi connectivity index (χ2n) is 4.50. The van der Waals surface area contributed by atoms with Gasteiger partial charge in [0.2, 0.25) is 5.91 Å². The van der Waals surface area contributed by atoms with E-state index in [4.69, 9.17) is 5.73 Å². The minimum atomic E-state index is 0.136. The van der Waals surface area contributed by atoms with Crippen molar-refractivity contribution >= 4 is 11.6 Å². The molecule has 0 aliphatic carbocycles. The number of benzene rings is 1. The Labute approximate surface area is 96.2 Å². The van der Waals surface area contributed by atoms with E-state index in [0.717, 1.165) is 24.2 Å². The van der Waals surface area contributed by atoms with Crippen molar-refractivity contribution < 1.29 is 4.79 Å². The minimum Gasteiger partial charge on any atom is -0.398 e. The van der Waals surface area contributed by atoms with Crippen LogP contribution < -0.4 is 5.73 Å².